The summed E-state index contributed by atoms with van der Waals surface area (Å²) in [5, 5.41) is 0. The highest BCUT2D eigenvalue weighted by Crippen LogP contribution is 2.39. The number of benzene rings is 3. The average Bonchev–Trinajstić information content (AvgIpc) is 3.86. The Hall–Kier alpha value is -3.90. The molecule has 1 amide bonds. The van der Waals surface area contributed by atoms with E-state index in [1.807, 2.05) is 50.2 Å². The van der Waals surface area contributed by atoms with Crippen LogP contribution in [0.15, 0.2) is 66.7 Å². The van der Waals surface area contributed by atoms with Gasteiger partial charge in [0.1, 0.15) is 30.0 Å². The van der Waals surface area contributed by atoms with E-state index in [9.17, 15) is 9.18 Å². The lowest BCUT2D eigenvalue weighted by atomic mass is 9.99. The summed E-state index contributed by atoms with van der Waals surface area (Å²) in [7, 11) is 0. The van der Waals surface area contributed by atoms with Crippen molar-refractivity contribution >= 4 is 6.09 Å². The molecule has 0 aromatic heterocycles. The summed E-state index contributed by atoms with van der Waals surface area (Å²) >= 11 is 0. The van der Waals surface area contributed by atoms with E-state index in [2.05, 4.69) is 24.8 Å². The second kappa shape index (κ2) is 14.8. The minimum absolute atomic E-state index is 0.0329. The molecule has 0 aliphatic carbocycles. The molecule has 0 spiro atoms. The summed E-state index contributed by atoms with van der Waals surface area (Å²) in [6.07, 6.45) is -0.0442. The lowest BCUT2D eigenvalue weighted by Gasteiger charge is -2.34. The van der Waals surface area contributed by atoms with Crippen LogP contribution in [0.25, 0.3) is 0 Å². The van der Waals surface area contributed by atoms with Gasteiger partial charge >= 0.3 is 6.09 Å². The zero-order valence-corrected chi connectivity index (χ0v) is 29.2. The molecule has 3 saturated heterocycles. The molecule has 50 heavy (non-hydrogen) atoms. The molecule has 0 bridgehead atoms. The number of carbonyl (C=O) groups is 1. The first-order chi connectivity index (χ1) is 24.1. The van der Waals surface area contributed by atoms with Gasteiger partial charge in [-0.05, 0) is 85.7 Å². The smallest absolute Gasteiger partial charge is 0.412 e. The molecule has 5 atom stereocenters. The van der Waals surface area contributed by atoms with E-state index in [1.54, 1.807) is 17.0 Å². The fourth-order valence-corrected chi connectivity index (χ4v) is 7.52. The number of rotatable bonds is 12. The summed E-state index contributed by atoms with van der Waals surface area (Å²) in [4.78, 5) is 18.3. The van der Waals surface area contributed by atoms with Crippen LogP contribution in [0.5, 0.6) is 17.2 Å². The molecule has 3 fully saturated rings. The van der Waals surface area contributed by atoms with E-state index < -0.39 is 11.8 Å². The van der Waals surface area contributed by atoms with E-state index in [0.29, 0.717) is 51.0 Å². The molecule has 10 nitrogen and oxygen atoms in total. The van der Waals surface area contributed by atoms with Crippen molar-refractivity contribution in [3.05, 3.63) is 89.2 Å². The van der Waals surface area contributed by atoms with Crippen LogP contribution in [0.2, 0.25) is 0 Å². The molecule has 0 saturated carbocycles. The van der Waals surface area contributed by atoms with Crippen LogP contribution in [-0.4, -0.2) is 79.3 Å². The second-order valence-corrected chi connectivity index (χ2v) is 14.5. The fourth-order valence-electron chi connectivity index (χ4n) is 7.52. The Bertz CT molecular complexity index is 1620. The zero-order chi connectivity index (χ0) is 34.8. The molecular formula is C39H47FN2O8. The van der Waals surface area contributed by atoms with Crippen molar-refractivity contribution in [1.29, 1.82) is 0 Å². The maximum Gasteiger partial charge on any atom is 0.412 e. The molecule has 3 aromatic carbocycles. The highest BCUT2D eigenvalue weighted by molar-refractivity contribution is 5.70. The third-order valence-electron chi connectivity index (χ3n) is 9.81. The van der Waals surface area contributed by atoms with E-state index in [4.69, 9.17) is 33.2 Å². The Kier molecular flexibility index (Phi) is 10.2. The number of amides is 1. The van der Waals surface area contributed by atoms with Crippen molar-refractivity contribution in [2.75, 3.05) is 33.1 Å². The van der Waals surface area contributed by atoms with Crippen LogP contribution >= 0.6 is 0 Å². The Labute approximate surface area is 293 Å². The van der Waals surface area contributed by atoms with Gasteiger partial charge in [0.2, 0.25) is 6.79 Å². The predicted octanol–water partition coefficient (Wildman–Crippen LogP) is 6.54. The van der Waals surface area contributed by atoms with E-state index >= 15 is 0 Å². The van der Waals surface area contributed by atoms with Crippen LogP contribution in [-0.2, 0) is 38.5 Å². The SMILES string of the molecule is CC(C)CN(Cc1ccc2c(c1)OCO2)C[C@H]1OC(C)(C)N(C(=O)O[C@H]2CO[C@H]3OCC[C@H]32)[C@H]1Cc1ccc(OCc2ccc(F)cc2)cc1. The van der Waals surface area contributed by atoms with Gasteiger partial charge in [0, 0.05) is 19.6 Å². The van der Waals surface area contributed by atoms with Gasteiger partial charge in [0.25, 0.3) is 0 Å². The molecule has 0 unspecified atom stereocenters. The standard InChI is InChI=1S/C39H47FN2O8/c1-25(2)19-41(20-28-9-14-33-34(18-28)48-24-47-33)21-35-32(17-26-7-12-30(13-8-26)45-22-27-5-10-29(40)11-6-27)42(39(3,4)50-35)38(43)49-36-23-46-37-31(36)15-16-44-37/h5-14,18,25,31-32,35-37H,15-17,19-24H2,1-4H3/t31-,32-,35+,36-,37+/m0/s1. The van der Waals surface area contributed by atoms with Crippen molar-refractivity contribution in [3.8, 4) is 17.2 Å². The minimum atomic E-state index is -0.919. The van der Waals surface area contributed by atoms with Gasteiger partial charge in [-0.1, -0.05) is 44.2 Å². The molecule has 7 rings (SSSR count). The number of ether oxygens (including phenoxy) is 7. The normalized spacial score (nSPS) is 25.0. The Morgan fingerprint density at radius 1 is 0.980 bits per heavy atom. The van der Waals surface area contributed by atoms with E-state index in [1.165, 1.54) is 12.1 Å². The first-order valence-corrected chi connectivity index (χ1v) is 17.6. The molecule has 268 valence electrons. The highest BCUT2D eigenvalue weighted by Gasteiger charge is 2.52. The van der Waals surface area contributed by atoms with Gasteiger partial charge in [-0.25, -0.2) is 9.18 Å². The molecule has 3 aromatic rings. The Balaban J connectivity index is 1.10. The number of halogens is 1. The van der Waals surface area contributed by atoms with Crippen molar-refractivity contribution < 1.29 is 42.3 Å². The third kappa shape index (κ3) is 7.86. The van der Waals surface area contributed by atoms with Crippen molar-refractivity contribution in [2.45, 2.75) is 84.0 Å². The largest absolute Gasteiger partial charge is 0.489 e. The van der Waals surface area contributed by atoms with E-state index in [0.717, 1.165) is 41.2 Å². The van der Waals surface area contributed by atoms with Crippen molar-refractivity contribution in [1.82, 2.24) is 9.80 Å². The molecule has 0 N–H and O–H groups in total. The summed E-state index contributed by atoms with van der Waals surface area (Å²) < 4.78 is 54.9. The first kappa shape index (κ1) is 34.5. The first-order valence-electron chi connectivity index (χ1n) is 17.6. The minimum Gasteiger partial charge on any atom is -0.489 e. The lowest BCUT2D eigenvalue weighted by Crippen LogP contribution is -2.51. The highest BCUT2D eigenvalue weighted by atomic mass is 19.1. The van der Waals surface area contributed by atoms with Crippen LogP contribution in [0, 0.1) is 17.7 Å². The van der Waals surface area contributed by atoms with Gasteiger partial charge in [-0.3, -0.25) is 9.80 Å². The quantitative estimate of drug-likeness (QED) is 0.210. The van der Waals surface area contributed by atoms with Crippen molar-refractivity contribution in [2.24, 2.45) is 11.8 Å². The maximum absolute atomic E-state index is 14.2. The number of hydrogen-bond acceptors (Lipinski definition) is 9. The predicted molar refractivity (Wildman–Crippen MR) is 182 cm³/mol. The number of carbonyl (C=O) groups excluding carboxylic acids is 1. The number of fused-ring (bicyclic) bond motifs is 2. The summed E-state index contributed by atoms with van der Waals surface area (Å²) in [6, 6.07) is 20.0. The van der Waals surface area contributed by atoms with Gasteiger partial charge < -0.3 is 33.2 Å². The molecule has 4 aliphatic heterocycles. The fraction of sp³-hybridized carbons (Fsp3) is 0.513. The monoisotopic (exact) mass is 690 g/mol. The van der Waals surface area contributed by atoms with E-state index in [-0.39, 0.29) is 43.1 Å². The second-order valence-electron chi connectivity index (χ2n) is 14.5. The van der Waals surface area contributed by atoms with Crippen LogP contribution in [0.1, 0.15) is 50.8 Å². The number of nitrogens with zero attached hydrogens (tertiary/aromatic N) is 2. The third-order valence-corrected chi connectivity index (χ3v) is 9.81. The molecular weight excluding hydrogens is 643 g/mol. The van der Waals surface area contributed by atoms with Crippen molar-refractivity contribution in [3.63, 3.8) is 0 Å². The molecule has 11 heteroatoms. The van der Waals surface area contributed by atoms with Crippen LogP contribution < -0.4 is 14.2 Å². The zero-order valence-electron chi connectivity index (χ0n) is 29.2. The van der Waals surface area contributed by atoms with Gasteiger partial charge in [-0.15, -0.1) is 0 Å². The Morgan fingerprint density at radius 3 is 2.50 bits per heavy atom. The summed E-state index contributed by atoms with van der Waals surface area (Å²) in [6.45, 7) is 11.9. The molecule has 0 radical (unpaired) electrons. The van der Waals surface area contributed by atoms with Crippen LogP contribution in [0.4, 0.5) is 9.18 Å². The maximum atomic E-state index is 14.2. The van der Waals surface area contributed by atoms with Gasteiger partial charge in [0.05, 0.1) is 31.3 Å². The molecule has 4 aliphatic rings. The van der Waals surface area contributed by atoms with Gasteiger partial charge in [0.15, 0.2) is 17.8 Å². The lowest BCUT2D eigenvalue weighted by molar-refractivity contribution is -0.0912. The topological polar surface area (TPSA) is 88.2 Å². The summed E-state index contributed by atoms with van der Waals surface area (Å²) in [5.41, 5.74) is 2.11. The van der Waals surface area contributed by atoms with Gasteiger partial charge in [-0.2, -0.15) is 0 Å². The molecule has 4 heterocycles. The van der Waals surface area contributed by atoms with Crippen LogP contribution in [0.3, 0.4) is 0 Å². The Morgan fingerprint density at radius 2 is 1.72 bits per heavy atom. The summed E-state index contributed by atoms with van der Waals surface area (Å²) in [5.74, 6) is 2.38. The average molecular weight is 691 g/mol. The number of hydrogen-bond donors (Lipinski definition) is 0.